The number of rotatable bonds is 5. The summed E-state index contributed by atoms with van der Waals surface area (Å²) in [6.45, 7) is 1.85. The zero-order valence-corrected chi connectivity index (χ0v) is 16.5. The largest absolute Gasteiger partial charge is 0.452 e. The summed E-state index contributed by atoms with van der Waals surface area (Å²) in [6, 6.07) is 7.95. The smallest absolute Gasteiger partial charge is 0.338 e. The maximum atomic E-state index is 12.1. The molecule has 9 heteroatoms. The molecule has 0 atom stereocenters. The van der Waals surface area contributed by atoms with Crippen LogP contribution < -0.4 is 10.2 Å². The van der Waals surface area contributed by atoms with Crippen LogP contribution in [0.1, 0.15) is 28.9 Å². The van der Waals surface area contributed by atoms with E-state index in [2.05, 4.69) is 10.3 Å². The number of carbonyl (C=O) groups is 3. The van der Waals surface area contributed by atoms with Crippen molar-refractivity contribution in [2.45, 2.75) is 19.8 Å². The fraction of sp³-hybridized carbons (Fsp3) is 0.263. The second-order valence-electron chi connectivity index (χ2n) is 6.21. The Balaban J connectivity index is 1.55. The van der Waals surface area contributed by atoms with E-state index in [-0.39, 0.29) is 22.3 Å². The van der Waals surface area contributed by atoms with Crippen LogP contribution in [0.15, 0.2) is 30.3 Å². The highest BCUT2D eigenvalue weighted by Crippen LogP contribution is 2.25. The van der Waals surface area contributed by atoms with Crippen molar-refractivity contribution >= 4 is 52.5 Å². The number of nitrogens with one attached hydrogen (secondary N) is 1. The third-order valence-corrected chi connectivity index (χ3v) is 4.86. The number of amides is 2. The van der Waals surface area contributed by atoms with Crippen LogP contribution in [0.3, 0.4) is 0 Å². The molecule has 2 amide bonds. The average molecular weight is 422 g/mol. The molecule has 0 spiro atoms. The van der Waals surface area contributed by atoms with E-state index in [1.807, 2.05) is 0 Å². The van der Waals surface area contributed by atoms with Crippen LogP contribution in [-0.2, 0) is 14.3 Å². The first kappa shape index (κ1) is 20.1. The molecule has 2 heterocycles. The Hall–Kier alpha value is -2.64. The number of hydrogen-bond donors (Lipinski definition) is 1. The molecular formula is C19H17Cl2N3O4. The molecule has 0 radical (unpaired) electrons. The van der Waals surface area contributed by atoms with E-state index in [0.29, 0.717) is 23.7 Å². The third-order valence-electron chi connectivity index (χ3n) is 4.19. The summed E-state index contributed by atoms with van der Waals surface area (Å²) in [5.74, 6) is -1.02. The fourth-order valence-electron chi connectivity index (χ4n) is 2.73. The number of ether oxygens (including phenoxy) is 1. The molecule has 1 fully saturated rings. The zero-order chi connectivity index (χ0) is 20.3. The first-order chi connectivity index (χ1) is 13.3. The fourth-order valence-corrected chi connectivity index (χ4v) is 3.13. The predicted molar refractivity (Wildman–Crippen MR) is 106 cm³/mol. The van der Waals surface area contributed by atoms with Crippen molar-refractivity contribution in [3.8, 4) is 0 Å². The first-order valence-electron chi connectivity index (χ1n) is 8.55. The van der Waals surface area contributed by atoms with Crippen molar-refractivity contribution in [3.05, 3.63) is 51.6 Å². The van der Waals surface area contributed by atoms with Gasteiger partial charge in [0.2, 0.25) is 5.91 Å². The minimum Gasteiger partial charge on any atom is -0.452 e. The van der Waals surface area contributed by atoms with Gasteiger partial charge in [-0.25, -0.2) is 9.78 Å². The number of benzene rings is 1. The van der Waals surface area contributed by atoms with E-state index in [0.717, 1.165) is 12.1 Å². The number of esters is 1. The van der Waals surface area contributed by atoms with Crippen LogP contribution >= 0.6 is 23.2 Å². The Kier molecular flexibility index (Phi) is 6.16. The Morgan fingerprint density at radius 3 is 2.57 bits per heavy atom. The molecule has 0 unspecified atom stereocenters. The maximum absolute atomic E-state index is 12.1. The number of anilines is 2. The summed E-state index contributed by atoms with van der Waals surface area (Å²) < 4.78 is 5.01. The predicted octanol–water partition coefficient (Wildman–Crippen LogP) is 3.62. The summed E-state index contributed by atoms with van der Waals surface area (Å²) >= 11 is 11.9. The molecule has 1 aliphatic heterocycles. The van der Waals surface area contributed by atoms with Gasteiger partial charge in [0.1, 0.15) is 0 Å². The van der Waals surface area contributed by atoms with Crippen molar-refractivity contribution in [1.82, 2.24) is 4.98 Å². The Morgan fingerprint density at radius 1 is 1.21 bits per heavy atom. The quantitative estimate of drug-likeness (QED) is 0.744. The number of pyridine rings is 1. The molecular weight excluding hydrogens is 405 g/mol. The van der Waals surface area contributed by atoms with Gasteiger partial charge >= 0.3 is 5.97 Å². The van der Waals surface area contributed by atoms with E-state index >= 15 is 0 Å². The Bertz CT molecular complexity index is 932. The van der Waals surface area contributed by atoms with E-state index < -0.39 is 18.5 Å². The lowest BCUT2D eigenvalue weighted by molar-refractivity contribution is -0.119. The van der Waals surface area contributed by atoms with Crippen molar-refractivity contribution in [2.24, 2.45) is 0 Å². The molecule has 2 aromatic rings. The number of carbonyl (C=O) groups excluding carboxylic acids is 3. The van der Waals surface area contributed by atoms with E-state index in [9.17, 15) is 14.4 Å². The number of hydrogen-bond acceptors (Lipinski definition) is 5. The standard InChI is InChI=1S/C19H17Cl2N3O4/c1-11-14(20)9-15(21)18(22-11)23-16(25)10-28-19(27)12-4-6-13(7-5-12)24-8-2-3-17(24)26/h4-7,9H,2-3,8,10H2,1H3,(H,22,23,25). The minimum absolute atomic E-state index is 0.0664. The number of nitrogens with zero attached hydrogens (tertiary/aromatic N) is 2. The molecule has 1 N–H and O–H groups in total. The molecule has 0 aliphatic carbocycles. The number of aryl methyl sites for hydroxylation is 1. The molecule has 0 bridgehead atoms. The summed E-state index contributed by atoms with van der Waals surface area (Å²) in [5, 5.41) is 3.04. The number of halogens is 2. The normalized spacial score (nSPS) is 13.5. The third kappa shape index (κ3) is 4.61. The van der Waals surface area contributed by atoms with Crippen molar-refractivity contribution in [3.63, 3.8) is 0 Å². The molecule has 28 heavy (non-hydrogen) atoms. The van der Waals surface area contributed by atoms with Crippen LogP contribution in [0.5, 0.6) is 0 Å². The Morgan fingerprint density at radius 2 is 1.93 bits per heavy atom. The van der Waals surface area contributed by atoms with Crippen molar-refractivity contribution < 1.29 is 19.1 Å². The van der Waals surface area contributed by atoms with Gasteiger partial charge in [0, 0.05) is 18.7 Å². The summed E-state index contributed by atoms with van der Waals surface area (Å²) in [5.41, 5.74) is 1.52. The van der Waals surface area contributed by atoms with Crippen LogP contribution in [-0.4, -0.2) is 35.9 Å². The topological polar surface area (TPSA) is 88.6 Å². The second kappa shape index (κ2) is 8.58. The molecule has 0 saturated carbocycles. The van der Waals surface area contributed by atoms with Gasteiger partial charge < -0.3 is 15.0 Å². The van der Waals surface area contributed by atoms with Crippen molar-refractivity contribution in [2.75, 3.05) is 23.4 Å². The van der Waals surface area contributed by atoms with Crippen LogP contribution in [0.2, 0.25) is 10.0 Å². The highest BCUT2D eigenvalue weighted by atomic mass is 35.5. The van der Waals surface area contributed by atoms with Gasteiger partial charge in [-0.2, -0.15) is 0 Å². The van der Waals surface area contributed by atoms with Gasteiger partial charge in [-0.15, -0.1) is 0 Å². The summed E-state index contributed by atoms with van der Waals surface area (Å²) in [7, 11) is 0. The van der Waals surface area contributed by atoms with Crippen molar-refractivity contribution in [1.29, 1.82) is 0 Å². The van der Waals surface area contributed by atoms with Crippen LogP contribution in [0.25, 0.3) is 0 Å². The Labute approximate surface area is 171 Å². The lowest BCUT2D eigenvalue weighted by Crippen LogP contribution is -2.24. The minimum atomic E-state index is -0.652. The first-order valence-corrected chi connectivity index (χ1v) is 9.31. The van der Waals surface area contributed by atoms with Gasteiger partial charge in [-0.3, -0.25) is 9.59 Å². The lowest BCUT2D eigenvalue weighted by Gasteiger charge is -2.15. The molecule has 1 aliphatic rings. The molecule has 7 nitrogen and oxygen atoms in total. The van der Waals surface area contributed by atoms with Gasteiger partial charge in [-0.05, 0) is 43.7 Å². The molecule has 1 aromatic heterocycles. The molecule has 1 saturated heterocycles. The average Bonchev–Trinajstić information content (AvgIpc) is 3.10. The molecule has 3 rings (SSSR count). The lowest BCUT2D eigenvalue weighted by atomic mass is 10.2. The van der Waals surface area contributed by atoms with E-state index in [1.165, 1.54) is 6.07 Å². The van der Waals surface area contributed by atoms with Gasteiger partial charge in [-0.1, -0.05) is 23.2 Å². The monoisotopic (exact) mass is 421 g/mol. The van der Waals surface area contributed by atoms with E-state index in [1.54, 1.807) is 36.1 Å². The second-order valence-corrected chi connectivity index (χ2v) is 7.02. The highest BCUT2D eigenvalue weighted by Gasteiger charge is 2.22. The molecule has 146 valence electrons. The maximum Gasteiger partial charge on any atom is 0.338 e. The van der Waals surface area contributed by atoms with E-state index in [4.69, 9.17) is 27.9 Å². The SMILES string of the molecule is Cc1nc(NC(=O)COC(=O)c2ccc(N3CCCC3=O)cc2)c(Cl)cc1Cl. The summed E-state index contributed by atoms with van der Waals surface area (Å²) in [4.78, 5) is 41.6. The summed E-state index contributed by atoms with van der Waals surface area (Å²) in [6.07, 6.45) is 1.36. The van der Waals surface area contributed by atoms with Crippen LogP contribution in [0.4, 0.5) is 11.5 Å². The highest BCUT2D eigenvalue weighted by molar-refractivity contribution is 6.36. The van der Waals surface area contributed by atoms with Gasteiger partial charge in [0.25, 0.3) is 5.91 Å². The van der Waals surface area contributed by atoms with Crippen LogP contribution in [0, 0.1) is 6.92 Å². The van der Waals surface area contributed by atoms with Gasteiger partial charge in [0.05, 0.1) is 21.3 Å². The van der Waals surface area contributed by atoms with Gasteiger partial charge in [0.15, 0.2) is 12.4 Å². The number of aromatic nitrogens is 1. The molecule has 1 aromatic carbocycles. The zero-order valence-electron chi connectivity index (χ0n) is 15.0.